The molecule has 0 bridgehead atoms. The number of anilines is 3. The van der Waals surface area contributed by atoms with Crippen molar-refractivity contribution in [1.29, 1.82) is 0 Å². The van der Waals surface area contributed by atoms with Crippen LogP contribution in [-0.4, -0.2) is 67.5 Å². The molecule has 1 aromatic carbocycles. The van der Waals surface area contributed by atoms with E-state index in [4.69, 9.17) is 17.0 Å². The molecule has 1 aliphatic carbocycles. The van der Waals surface area contributed by atoms with Crippen molar-refractivity contribution in [1.82, 2.24) is 10.6 Å². The van der Waals surface area contributed by atoms with E-state index in [-0.39, 0.29) is 11.1 Å². The number of nitrogens with zero attached hydrogens (tertiary/aromatic N) is 4. The lowest BCUT2D eigenvalue weighted by molar-refractivity contribution is -0.380. The molecular weight excluding hydrogens is 495 g/mol. The van der Waals surface area contributed by atoms with Gasteiger partial charge < -0.3 is 25.2 Å². The Morgan fingerprint density at radius 3 is 2.60 bits per heavy atom. The maximum atomic E-state index is 15.1. The van der Waals surface area contributed by atoms with Gasteiger partial charge in [-0.2, -0.15) is 0 Å². The second kappa shape index (κ2) is 9.82. The van der Waals surface area contributed by atoms with Crippen molar-refractivity contribution in [3.05, 3.63) is 46.3 Å². The van der Waals surface area contributed by atoms with Crippen LogP contribution in [-0.2, 0) is 4.74 Å². The number of carbonyl (C=O) groups is 1. The number of cyclic esters (lactones) is 1. The minimum absolute atomic E-state index is 0.111. The van der Waals surface area contributed by atoms with Crippen LogP contribution in [0.15, 0.2) is 30.3 Å². The van der Waals surface area contributed by atoms with Gasteiger partial charge in [-0.15, -0.1) is 0 Å². The molecule has 10 nitrogen and oxygen atoms in total. The van der Waals surface area contributed by atoms with Crippen LogP contribution < -0.4 is 25.3 Å². The number of thiocarbonyl (C=S) groups is 1. The zero-order valence-electron chi connectivity index (χ0n) is 18.8. The summed E-state index contributed by atoms with van der Waals surface area (Å²) in [5.74, 6) is -0.410. The first-order chi connectivity index (χ1) is 16.9. The van der Waals surface area contributed by atoms with Crippen molar-refractivity contribution >= 4 is 56.1 Å². The SMILES string of the molecule is O=C1O[C@@H](CNC(=S)NC2CC2)CN1c1ccc(N2CCN(c3ccc([N+](=O)[O-])s3)CC2)c(F)c1. The van der Waals surface area contributed by atoms with Crippen LogP contribution in [0.4, 0.5) is 30.6 Å². The van der Waals surface area contributed by atoms with E-state index in [2.05, 4.69) is 15.5 Å². The van der Waals surface area contributed by atoms with Crippen LogP contribution in [0.2, 0.25) is 0 Å². The van der Waals surface area contributed by atoms with E-state index >= 15 is 4.39 Å². The molecule has 3 heterocycles. The summed E-state index contributed by atoms with van der Waals surface area (Å²) >= 11 is 6.38. The number of nitro groups is 1. The summed E-state index contributed by atoms with van der Waals surface area (Å²) < 4.78 is 20.5. The van der Waals surface area contributed by atoms with E-state index in [9.17, 15) is 14.9 Å². The summed E-state index contributed by atoms with van der Waals surface area (Å²) in [6, 6.07) is 8.48. The van der Waals surface area contributed by atoms with Crippen LogP contribution in [0.5, 0.6) is 0 Å². The van der Waals surface area contributed by atoms with Crippen molar-refractivity contribution in [2.24, 2.45) is 0 Å². The van der Waals surface area contributed by atoms with Gasteiger partial charge in [-0.25, -0.2) is 9.18 Å². The summed E-state index contributed by atoms with van der Waals surface area (Å²) in [6.45, 7) is 3.11. The molecular formula is C22H25FN6O4S2. The minimum Gasteiger partial charge on any atom is -0.442 e. The van der Waals surface area contributed by atoms with Crippen LogP contribution >= 0.6 is 23.6 Å². The molecule has 3 fully saturated rings. The van der Waals surface area contributed by atoms with Gasteiger partial charge in [0.15, 0.2) is 5.11 Å². The van der Waals surface area contributed by atoms with E-state index in [0.29, 0.717) is 61.8 Å². The molecule has 0 unspecified atom stereocenters. The Labute approximate surface area is 210 Å². The van der Waals surface area contributed by atoms with Gasteiger partial charge >= 0.3 is 11.1 Å². The first kappa shape index (κ1) is 23.5. The molecule has 0 spiro atoms. The largest absolute Gasteiger partial charge is 0.442 e. The summed E-state index contributed by atoms with van der Waals surface area (Å²) in [6.07, 6.45) is 1.34. The topological polar surface area (TPSA) is 103 Å². The Balaban J connectivity index is 1.16. The highest BCUT2D eigenvalue weighted by molar-refractivity contribution is 7.80. The van der Waals surface area contributed by atoms with E-state index in [0.717, 1.165) is 29.2 Å². The zero-order chi connectivity index (χ0) is 24.5. The van der Waals surface area contributed by atoms with E-state index < -0.39 is 16.8 Å². The lowest BCUT2D eigenvalue weighted by Crippen LogP contribution is -2.46. The molecule has 2 aliphatic heterocycles. The van der Waals surface area contributed by atoms with Crippen molar-refractivity contribution in [2.75, 3.05) is 54.0 Å². The van der Waals surface area contributed by atoms with E-state index in [1.807, 2.05) is 4.90 Å². The molecule has 3 aliphatic rings. The van der Waals surface area contributed by atoms with Gasteiger partial charge in [-0.1, -0.05) is 0 Å². The summed E-state index contributed by atoms with van der Waals surface area (Å²) in [5, 5.41) is 18.7. The molecule has 2 aromatic rings. The number of halogens is 1. The second-order valence-corrected chi connectivity index (χ2v) is 10.2. The Bertz CT molecular complexity index is 1130. The van der Waals surface area contributed by atoms with Gasteiger partial charge in [0.2, 0.25) is 0 Å². The maximum absolute atomic E-state index is 15.1. The average molecular weight is 521 g/mol. The van der Waals surface area contributed by atoms with Crippen LogP contribution in [0, 0.1) is 15.9 Å². The lowest BCUT2D eigenvalue weighted by atomic mass is 10.2. The second-order valence-electron chi connectivity index (χ2n) is 8.72. The molecule has 0 radical (unpaired) electrons. The number of amides is 1. The number of rotatable bonds is 7. The molecule has 1 aromatic heterocycles. The van der Waals surface area contributed by atoms with Crippen molar-refractivity contribution in [3.63, 3.8) is 0 Å². The zero-order valence-corrected chi connectivity index (χ0v) is 20.4. The highest BCUT2D eigenvalue weighted by Crippen LogP contribution is 2.33. The predicted molar refractivity (Wildman–Crippen MR) is 136 cm³/mol. The molecule has 1 amide bonds. The smallest absolute Gasteiger partial charge is 0.414 e. The Morgan fingerprint density at radius 1 is 1.20 bits per heavy atom. The van der Waals surface area contributed by atoms with Crippen LogP contribution in [0.25, 0.3) is 0 Å². The monoisotopic (exact) mass is 520 g/mol. The first-order valence-electron chi connectivity index (χ1n) is 11.4. The van der Waals surface area contributed by atoms with Crippen LogP contribution in [0.1, 0.15) is 12.8 Å². The molecule has 35 heavy (non-hydrogen) atoms. The molecule has 13 heteroatoms. The highest BCUT2D eigenvalue weighted by Gasteiger charge is 2.33. The number of thiophene rings is 1. The molecule has 2 saturated heterocycles. The van der Waals surface area contributed by atoms with Crippen molar-refractivity contribution in [2.45, 2.75) is 25.0 Å². The normalized spacial score (nSPS) is 20.1. The minimum atomic E-state index is -0.510. The molecule has 5 rings (SSSR count). The Hall–Kier alpha value is -3.19. The van der Waals surface area contributed by atoms with E-state index in [1.165, 1.54) is 17.0 Å². The van der Waals surface area contributed by atoms with Crippen LogP contribution in [0.3, 0.4) is 0 Å². The molecule has 186 valence electrons. The van der Waals surface area contributed by atoms with Crippen molar-refractivity contribution < 1.29 is 18.8 Å². The standard InChI is InChI=1S/C22H25FN6O4S2/c23-17-11-15(28-13-16(33-22(28)30)12-24-21(34)25-14-1-2-14)3-4-18(17)26-7-9-27(10-8-26)19-5-6-20(35-19)29(31)32/h3-6,11,14,16H,1-2,7-10,12-13H2,(H2,24,25,34)/t16-/m0/s1. The molecule has 2 N–H and O–H groups in total. The Kier molecular flexibility index (Phi) is 6.60. The fraction of sp³-hybridized carbons (Fsp3) is 0.455. The van der Waals surface area contributed by atoms with Gasteiger partial charge in [-0.05, 0) is 60.7 Å². The maximum Gasteiger partial charge on any atom is 0.414 e. The van der Waals surface area contributed by atoms with E-state index in [1.54, 1.807) is 18.2 Å². The Morgan fingerprint density at radius 2 is 1.94 bits per heavy atom. The average Bonchev–Trinajstić information content (AvgIpc) is 3.36. The summed E-state index contributed by atoms with van der Waals surface area (Å²) in [7, 11) is 0. The lowest BCUT2D eigenvalue weighted by Gasteiger charge is -2.36. The van der Waals surface area contributed by atoms with Gasteiger partial charge in [0, 0.05) is 38.3 Å². The third-order valence-electron chi connectivity index (χ3n) is 6.21. The van der Waals surface area contributed by atoms with Gasteiger partial charge in [0.05, 0.1) is 34.4 Å². The molecule has 1 atom stereocenters. The summed E-state index contributed by atoms with van der Waals surface area (Å²) in [4.78, 5) is 28.4. The number of hydrogen-bond donors (Lipinski definition) is 2. The predicted octanol–water partition coefficient (Wildman–Crippen LogP) is 3.07. The van der Waals surface area contributed by atoms with Gasteiger partial charge in [0.25, 0.3) is 0 Å². The first-order valence-corrected chi connectivity index (χ1v) is 12.7. The number of hydrogen-bond acceptors (Lipinski definition) is 8. The number of carbonyl (C=O) groups excluding carboxylic acids is 1. The fourth-order valence-electron chi connectivity index (χ4n) is 4.18. The number of piperazine rings is 1. The third-order valence-corrected chi connectivity index (χ3v) is 7.57. The van der Waals surface area contributed by atoms with Crippen molar-refractivity contribution in [3.8, 4) is 0 Å². The highest BCUT2D eigenvalue weighted by atomic mass is 32.1. The fourth-order valence-corrected chi connectivity index (χ4v) is 5.31. The molecule has 1 saturated carbocycles. The third kappa shape index (κ3) is 5.40. The number of benzene rings is 1. The number of nitrogens with one attached hydrogen (secondary N) is 2. The summed E-state index contributed by atoms with van der Waals surface area (Å²) in [5.41, 5.74) is 0.912. The quantitative estimate of drug-likeness (QED) is 0.324. The van der Waals surface area contributed by atoms with Gasteiger partial charge in [0.1, 0.15) is 11.9 Å². The number of ether oxygens (including phenoxy) is 1. The van der Waals surface area contributed by atoms with Gasteiger partial charge in [-0.3, -0.25) is 15.0 Å².